The summed E-state index contributed by atoms with van der Waals surface area (Å²) in [6.07, 6.45) is 9.48. The quantitative estimate of drug-likeness (QED) is 0.124. The molecule has 0 spiro atoms. The highest BCUT2D eigenvalue weighted by Gasteiger charge is 2.12. The third-order valence-electron chi connectivity index (χ3n) is 4.60. The maximum absolute atomic E-state index is 11.8. The zero-order chi connectivity index (χ0) is 20.6. The third kappa shape index (κ3) is 11.4. The molecule has 0 heterocycles. The molecular weight excluding hydrogens is 396 g/mol. The van der Waals surface area contributed by atoms with Crippen LogP contribution >= 0.6 is 23.5 Å². The van der Waals surface area contributed by atoms with Crippen molar-refractivity contribution in [2.24, 2.45) is 0 Å². The summed E-state index contributed by atoms with van der Waals surface area (Å²) >= 11 is 3.84. The summed E-state index contributed by atoms with van der Waals surface area (Å²) in [5.41, 5.74) is 0. The average Bonchev–Trinajstić information content (AvgIpc) is 2.75. The van der Waals surface area contributed by atoms with Gasteiger partial charge < -0.3 is 4.74 Å². The Morgan fingerprint density at radius 1 is 0.793 bits per heavy atom. The van der Waals surface area contributed by atoms with Gasteiger partial charge in [-0.05, 0) is 49.9 Å². The second-order valence-electron chi connectivity index (χ2n) is 7.17. The van der Waals surface area contributed by atoms with E-state index >= 15 is 0 Å². The highest BCUT2D eigenvalue weighted by atomic mass is 32.2. The van der Waals surface area contributed by atoms with Crippen molar-refractivity contribution in [1.82, 2.24) is 0 Å². The van der Waals surface area contributed by atoms with Gasteiger partial charge in [0.05, 0.1) is 11.2 Å². The molecule has 0 atom stereocenters. The molecule has 0 aromatic heterocycles. The van der Waals surface area contributed by atoms with E-state index in [1.807, 2.05) is 23.5 Å². The van der Waals surface area contributed by atoms with Gasteiger partial charge in [-0.3, -0.25) is 4.79 Å². The van der Waals surface area contributed by atoms with Crippen LogP contribution in [-0.2, 0) is 9.53 Å². The minimum atomic E-state index is -0.0321. The Hall–Kier alpha value is -1.39. The van der Waals surface area contributed by atoms with Crippen LogP contribution in [0.4, 0.5) is 0 Å². The van der Waals surface area contributed by atoms with E-state index in [0.29, 0.717) is 17.6 Å². The van der Waals surface area contributed by atoms with Crippen LogP contribution in [0.1, 0.15) is 64.7 Å². The van der Waals surface area contributed by atoms with Gasteiger partial charge in [0.2, 0.25) is 0 Å². The first kappa shape index (κ1) is 23.9. The normalized spacial score (nSPS) is 11.0. The van der Waals surface area contributed by atoms with Crippen LogP contribution in [0.2, 0.25) is 0 Å². The molecule has 2 nitrogen and oxygen atoms in total. The van der Waals surface area contributed by atoms with Crippen LogP contribution in [-0.4, -0.2) is 17.2 Å². The van der Waals surface area contributed by atoms with Gasteiger partial charge in [0.25, 0.3) is 0 Å². The summed E-state index contributed by atoms with van der Waals surface area (Å²) < 4.78 is 5.87. The molecule has 0 N–H and O–H groups in total. The molecule has 4 heteroatoms. The molecule has 0 aliphatic rings. The number of thioether (sulfide) groups is 2. The fraction of sp³-hybridized carbons (Fsp3) is 0.480. The molecule has 0 bridgehead atoms. The molecular formula is C25H34O2S2. The van der Waals surface area contributed by atoms with Crippen LogP contribution in [0.25, 0.3) is 0 Å². The van der Waals surface area contributed by atoms with Gasteiger partial charge in [-0.15, -0.1) is 23.5 Å². The second-order valence-corrected chi connectivity index (χ2v) is 10.0. The summed E-state index contributed by atoms with van der Waals surface area (Å²) in [6, 6.07) is 21.2. The number of unbranched alkanes of at least 4 members (excludes halogenated alkanes) is 5. The molecule has 0 amide bonds. The molecule has 0 radical (unpaired) electrons. The molecule has 2 aromatic carbocycles. The summed E-state index contributed by atoms with van der Waals surface area (Å²) in [5.74, 6) is -0.0321. The van der Waals surface area contributed by atoms with Crippen LogP contribution < -0.4 is 0 Å². The topological polar surface area (TPSA) is 26.3 Å². The van der Waals surface area contributed by atoms with Crippen molar-refractivity contribution in [1.29, 1.82) is 0 Å². The van der Waals surface area contributed by atoms with Crippen molar-refractivity contribution in [2.45, 2.75) is 79.1 Å². The number of rotatable bonds is 15. The lowest BCUT2D eigenvalue weighted by Gasteiger charge is -2.16. The van der Waals surface area contributed by atoms with Crippen molar-refractivity contribution in [3.05, 3.63) is 60.7 Å². The maximum atomic E-state index is 11.8. The van der Waals surface area contributed by atoms with Crippen molar-refractivity contribution in [3.8, 4) is 0 Å². The van der Waals surface area contributed by atoms with Crippen molar-refractivity contribution in [2.75, 3.05) is 6.61 Å². The van der Waals surface area contributed by atoms with Gasteiger partial charge in [0, 0.05) is 16.2 Å². The third-order valence-corrected chi connectivity index (χ3v) is 7.27. The summed E-state index contributed by atoms with van der Waals surface area (Å²) in [5, 5.41) is 0. The predicted molar refractivity (Wildman–Crippen MR) is 127 cm³/mol. The Labute approximate surface area is 185 Å². The molecule has 0 aliphatic heterocycles. The molecule has 2 rings (SSSR count). The number of ether oxygens (including phenoxy) is 1. The van der Waals surface area contributed by atoms with E-state index in [2.05, 4.69) is 67.6 Å². The zero-order valence-corrected chi connectivity index (χ0v) is 19.2. The number of hydrogen-bond acceptors (Lipinski definition) is 4. The minimum absolute atomic E-state index is 0.0321. The first-order chi connectivity index (χ1) is 14.3. The van der Waals surface area contributed by atoms with Crippen molar-refractivity contribution < 1.29 is 9.53 Å². The van der Waals surface area contributed by atoms with E-state index in [1.54, 1.807) is 0 Å². The molecule has 0 unspecified atom stereocenters. The molecule has 2 aromatic rings. The number of benzene rings is 2. The van der Waals surface area contributed by atoms with E-state index < -0.39 is 0 Å². The van der Waals surface area contributed by atoms with Gasteiger partial charge in [-0.2, -0.15) is 0 Å². The van der Waals surface area contributed by atoms with Gasteiger partial charge in [0.1, 0.15) is 0 Å². The first-order valence-electron chi connectivity index (χ1n) is 10.9. The number of carbonyl (C=O) groups excluding carboxylic acids is 1. The second kappa shape index (κ2) is 15.4. The fourth-order valence-corrected chi connectivity index (χ4v) is 5.65. The number of hydrogen-bond donors (Lipinski definition) is 0. The van der Waals surface area contributed by atoms with Crippen LogP contribution in [0, 0.1) is 0 Å². The zero-order valence-electron chi connectivity index (χ0n) is 17.6. The van der Waals surface area contributed by atoms with Gasteiger partial charge in [-0.1, -0.05) is 69.0 Å². The Morgan fingerprint density at radius 3 is 1.97 bits per heavy atom. The first-order valence-corrected chi connectivity index (χ1v) is 12.6. The standard InChI is InChI=1S/C25H34O2S2/c1-2-3-4-5-12-19-24(26)27-21-14-13-20-25(28-22-15-8-6-9-16-22)29-23-17-10-7-11-18-23/h6-11,15-18,25H,2-5,12-14,19-21H2,1H3. The molecule has 0 saturated carbocycles. The van der Waals surface area contributed by atoms with Crippen LogP contribution in [0.15, 0.2) is 70.5 Å². The maximum Gasteiger partial charge on any atom is 0.305 e. The molecule has 0 aliphatic carbocycles. The Balaban J connectivity index is 1.67. The van der Waals surface area contributed by atoms with E-state index in [9.17, 15) is 4.79 Å². The predicted octanol–water partition coefficient (Wildman–Crippen LogP) is 7.97. The van der Waals surface area contributed by atoms with Crippen molar-refractivity contribution >= 4 is 29.5 Å². The average molecular weight is 431 g/mol. The number of carbonyl (C=O) groups is 1. The summed E-state index contributed by atoms with van der Waals surface area (Å²) in [4.78, 5) is 14.4. The van der Waals surface area contributed by atoms with E-state index in [-0.39, 0.29) is 5.97 Å². The van der Waals surface area contributed by atoms with Crippen LogP contribution in [0.5, 0.6) is 0 Å². The van der Waals surface area contributed by atoms with Gasteiger partial charge in [-0.25, -0.2) is 0 Å². The molecule has 0 fully saturated rings. The smallest absolute Gasteiger partial charge is 0.305 e. The lowest BCUT2D eigenvalue weighted by molar-refractivity contribution is -0.143. The lowest BCUT2D eigenvalue weighted by Crippen LogP contribution is -2.06. The highest BCUT2D eigenvalue weighted by Crippen LogP contribution is 2.38. The summed E-state index contributed by atoms with van der Waals surface area (Å²) in [7, 11) is 0. The molecule has 0 saturated heterocycles. The molecule has 158 valence electrons. The highest BCUT2D eigenvalue weighted by molar-refractivity contribution is 8.17. The molecule has 29 heavy (non-hydrogen) atoms. The van der Waals surface area contributed by atoms with E-state index in [0.717, 1.165) is 32.1 Å². The van der Waals surface area contributed by atoms with E-state index in [1.165, 1.54) is 29.1 Å². The van der Waals surface area contributed by atoms with Gasteiger partial charge in [0.15, 0.2) is 0 Å². The SMILES string of the molecule is CCCCCCCC(=O)OCCCCC(Sc1ccccc1)Sc1ccccc1. The van der Waals surface area contributed by atoms with Crippen molar-refractivity contribution in [3.63, 3.8) is 0 Å². The van der Waals surface area contributed by atoms with Crippen LogP contribution in [0.3, 0.4) is 0 Å². The monoisotopic (exact) mass is 430 g/mol. The Morgan fingerprint density at radius 2 is 1.38 bits per heavy atom. The minimum Gasteiger partial charge on any atom is -0.466 e. The van der Waals surface area contributed by atoms with Gasteiger partial charge >= 0.3 is 5.97 Å². The lowest BCUT2D eigenvalue weighted by atomic mass is 10.1. The Bertz CT molecular complexity index is 620. The summed E-state index contributed by atoms with van der Waals surface area (Å²) in [6.45, 7) is 2.75. The largest absolute Gasteiger partial charge is 0.466 e. The fourth-order valence-electron chi connectivity index (χ4n) is 2.99. The number of esters is 1. The van der Waals surface area contributed by atoms with E-state index in [4.69, 9.17) is 4.74 Å². The Kier molecular flexibility index (Phi) is 12.7.